The predicted octanol–water partition coefficient (Wildman–Crippen LogP) is 4.64. The monoisotopic (exact) mass is 289 g/mol. The van der Waals surface area contributed by atoms with Gasteiger partial charge >= 0.3 is 0 Å². The summed E-state index contributed by atoms with van der Waals surface area (Å²) in [6, 6.07) is 9.18. The SMILES string of the molecule is CCCCCCCOC1Cc2ccccc2C1NCCC. The lowest BCUT2D eigenvalue weighted by molar-refractivity contribution is 0.0324. The molecule has 2 unspecified atom stereocenters. The maximum Gasteiger partial charge on any atom is 0.0810 e. The van der Waals surface area contributed by atoms with Gasteiger partial charge in [0.1, 0.15) is 0 Å². The lowest BCUT2D eigenvalue weighted by Gasteiger charge is -2.22. The van der Waals surface area contributed by atoms with Crippen molar-refractivity contribution < 1.29 is 4.74 Å². The molecule has 2 nitrogen and oxygen atoms in total. The molecular weight excluding hydrogens is 258 g/mol. The highest BCUT2D eigenvalue weighted by Gasteiger charge is 2.32. The maximum absolute atomic E-state index is 6.21. The van der Waals surface area contributed by atoms with Gasteiger partial charge in [-0.1, -0.05) is 63.8 Å². The average Bonchev–Trinajstić information content (AvgIpc) is 2.86. The van der Waals surface area contributed by atoms with E-state index in [1.165, 1.54) is 49.7 Å². The molecule has 0 radical (unpaired) electrons. The Hall–Kier alpha value is -0.860. The molecule has 0 aromatic heterocycles. The molecule has 1 aromatic rings. The number of hydrogen-bond donors (Lipinski definition) is 1. The van der Waals surface area contributed by atoms with Crippen molar-refractivity contribution in [2.75, 3.05) is 13.2 Å². The Labute approximate surface area is 130 Å². The van der Waals surface area contributed by atoms with Crippen LogP contribution in [0.4, 0.5) is 0 Å². The second kappa shape index (κ2) is 9.22. The molecule has 0 saturated carbocycles. The van der Waals surface area contributed by atoms with Gasteiger partial charge in [0.2, 0.25) is 0 Å². The van der Waals surface area contributed by atoms with Crippen LogP contribution in [0.25, 0.3) is 0 Å². The van der Waals surface area contributed by atoms with Crippen molar-refractivity contribution in [3.63, 3.8) is 0 Å². The third-order valence-corrected chi connectivity index (χ3v) is 4.38. The van der Waals surface area contributed by atoms with Crippen molar-refractivity contribution >= 4 is 0 Å². The summed E-state index contributed by atoms with van der Waals surface area (Å²) >= 11 is 0. The fourth-order valence-corrected chi connectivity index (χ4v) is 3.20. The van der Waals surface area contributed by atoms with Gasteiger partial charge in [0, 0.05) is 13.0 Å². The molecule has 0 amide bonds. The smallest absolute Gasteiger partial charge is 0.0810 e. The topological polar surface area (TPSA) is 21.3 Å². The Kier molecular flexibility index (Phi) is 7.25. The number of hydrogen-bond acceptors (Lipinski definition) is 2. The van der Waals surface area contributed by atoms with Gasteiger partial charge in [0.15, 0.2) is 0 Å². The molecule has 118 valence electrons. The summed E-state index contributed by atoms with van der Waals surface area (Å²) in [7, 11) is 0. The molecule has 1 aromatic carbocycles. The van der Waals surface area contributed by atoms with Crippen molar-refractivity contribution in [1.82, 2.24) is 5.32 Å². The normalized spacial score (nSPS) is 20.7. The standard InChI is InChI=1S/C19H31NO/c1-3-5-6-7-10-14-21-18-15-16-11-8-9-12-17(16)19(18)20-13-4-2/h8-9,11-12,18-20H,3-7,10,13-15H2,1-2H3. The first-order chi connectivity index (χ1) is 10.4. The van der Waals surface area contributed by atoms with E-state index < -0.39 is 0 Å². The number of benzene rings is 1. The highest BCUT2D eigenvalue weighted by Crippen LogP contribution is 2.33. The van der Waals surface area contributed by atoms with E-state index >= 15 is 0 Å². The predicted molar refractivity (Wildman–Crippen MR) is 89.7 cm³/mol. The summed E-state index contributed by atoms with van der Waals surface area (Å²) in [5.41, 5.74) is 2.91. The molecule has 2 atom stereocenters. The van der Waals surface area contributed by atoms with Crippen molar-refractivity contribution in [2.24, 2.45) is 0 Å². The van der Waals surface area contributed by atoms with E-state index in [0.29, 0.717) is 12.1 Å². The first kappa shape index (κ1) is 16.5. The zero-order valence-electron chi connectivity index (χ0n) is 13.7. The van der Waals surface area contributed by atoms with Crippen LogP contribution in [-0.2, 0) is 11.2 Å². The van der Waals surface area contributed by atoms with Crippen LogP contribution in [0.2, 0.25) is 0 Å². The summed E-state index contributed by atoms with van der Waals surface area (Å²) in [5.74, 6) is 0. The minimum Gasteiger partial charge on any atom is -0.376 e. The first-order valence-electron chi connectivity index (χ1n) is 8.79. The molecular formula is C19H31NO. The Morgan fingerprint density at radius 2 is 1.86 bits per heavy atom. The average molecular weight is 289 g/mol. The molecule has 0 heterocycles. The van der Waals surface area contributed by atoms with Crippen LogP contribution in [0.3, 0.4) is 0 Å². The molecule has 0 bridgehead atoms. The second-order valence-corrected chi connectivity index (χ2v) is 6.16. The van der Waals surface area contributed by atoms with Gasteiger partial charge in [-0.3, -0.25) is 0 Å². The zero-order chi connectivity index (χ0) is 14.9. The number of fused-ring (bicyclic) bond motifs is 1. The van der Waals surface area contributed by atoms with Crippen LogP contribution in [0.15, 0.2) is 24.3 Å². The van der Waals surface area contributed by atoms with Crippen LogP contribution in [0.5, 0.6) is 0 Å². The van der Waals surface area contributed by atoms with E-state index in [1.807, 2.05) is 0 Å². The molecule has 0 saturated heterocycles. The Bertz CT molecular complexity index is 404. The molecule has 21 heavy (non-hydrogen) atoms. The van der Waals surface area contributed by atoms with Gasteiger partial charge < -0.3 is 10.1 Å². The van der Waals surface area contributed by atoms with Crippen LogP contribution in [0.1, 0.15) is 69.5 Å². The van der Waals surface area contributed by atoms with Crippen LogP contribution in [0, 0.1) is 0 Å². The molecule has 0 aliphatic heterocycles. The highest BCUT2D eigenvalue weighted by atomic mass is 16.5. The number of ether oxygens (including phenoxy) is 1. The minimum atomic E-state index is 0.320. The molecule has 0 spiro atoms. The van der Waals surface area contributed by atoms with E-state index in [1.54, 1.807) is 0 Å². The van der Waals surface area contributed by atoms with Gasteiger partial charge in [-0.2, -0.15) is 0 Å². The van der Waals surface area contributed by atoms with Gasteiger partial charge in [0.25, 0.3) is 0 Å². The van der Waals surface area contributed by atoms with Gasteiger partial charge in [-0.25, -0.2) is 0 Å². The molecule has 2 rings (SSSR count). The highest BCUT2D eigenvalue weighted by molar-refractivity contribution is 5.36. The summed E-state index contributed by atoms with van der Waals surface area (Å²) in [4.78, 5) is 0. The lowest BCUT2D eigenvalue weighted by Crippen LogP contribution is -2.31. The van der Waals surface area contributed by atoms with Crippen LogP contribution >= 0.6 is 0 Å². The lowest BCUT2D eigenvalue weighted by atomic mass is 10.1. The molecule has 1 aliphatic rings. The Morgan fingerprint density at radius 1 is 1.05 bits per heavy atom. The summed E-state index contributed by atoms with van der Waals surface area (Å²) in [5, 5.41) is 3.67. The van der Waals surface area contributed by atoms with Gasteiger partial charge in [-0.15, -0.1) is 0 Å². The Balaban J connectivity index is 1.81. The quantitative estimate of drug-likeness (QED) is 0.634. The third kappa shape index (κ3) is 4.82. The molecule has 1 aliphatic carbocycles. The van der Waals surface area contributed by atoms with Crippen molar-refractivity contribution in [2.45, 2.75) is 70.9 Å². The van der Waals surface area contributed by atoms with E-state index in [2.05, 4.69) is 43.4 Å². The zero-order valence-corrected chi connectivity index (χ0v) is 13.7. The molecule has 1 N–H and O–H groups in total. The Morgan fingerprint density at radius 3 is 2.67 bits per heavy atom. The molecule has 0 fully saturated rings. The van der Waals surface area contributed by atoms with E-state index in [9.17, 15) is 0 Å². The van der Waals surface area contributed by atoms with Gasteiger partial charge in [-0.05, 0) is 30.5 Å². The largest absolute Gasteiger partial charge is 0.376 e. The minimum absolute atomic E-state index is 0.320. The van der Waals surface area contributed by atoms with E-state index in [4.69, 9.17) is 4.74 Å². The number of unbranched alkanes of at least 4 members (excludes halogenated alkanes) is 4. The summed E-state index contributed by atoms with van der Waals surface area (Å²) in [6.07, 6.45) is 9.07. The van der Waals surface area contributed by atoms with Gasteiger partial charge in [0.05, 0.1) is 12.1 Å². The second-order valence-electron chi connectivity index (χ2n) is 6.16. The summed E-state index contributed by atoms with van der Waals surface area (Å²) in [6.45, 7) is 6.45. The van der Waals surface area contributed by atoms with Crippen LogP contribution < -0.4 is 5.32 Å². The number of nitrogens with one attached hydrogen (secondary N) is 1. The third-order valence-electron chi connectivity index (χ3n) is 4.38. The van der Waals surface area contributed by atoms with E-state index in [-0.39, 0.29) is 0 Å². The fourth-order valence-electron chi connectivity index (χ4n) is 3.20. The van der Waals surface area contributed by atoms with Crippen molar-refractivity contribution in [3.05, 3.63) is 35.4 Å². The summed E-state index contributed by atoms with van der Waals surface area (Å²) < 4.78 is 6.21. The fraction of sp³-hybridized carbons (Fsp3) is 0.684. The van der Waals surface area contributed by atoms with Crippen LogP contribution in [-0.4, -0.2) is 19.3 Å². The number of rotatable bonds is 10. The first-order valence-corrected chi connectivity index (χ1v) is 8.79. The maximum atomic E-state index is 6.21. The molecule has 2 heteroatoms. The van der Waals surface area contributed by atoms with Crippen molar-refractivity contribution in [3.8, 4) is 0 Å². The van der Waals surface area contributed by atoms with Crippen molar-refractivity contribution in [1.29, 1.82) is 0 Å². The van der Waals surface area contributed by atoms with E-state index in [0.717, 1.165) is 19.6 Å².